The van der Waals surface area contributed by atoms with Crippen LogP contribution in [0.15, 0.2) is 53.5 Å². The van der Waals surface area contributed by atoms with Gasteiger partial charge >= 0.3 is 0 Å². The lowest BCUT2D eigenvalue weighted by Crippen LogP contribution is -2.23. The minimum Gasteiger partial charge on any atom is -0.497 e. The van der Waals surface area contributed by atoms with Crippen molar-refractivity contribution < 1.29 is 4.74 Å². The van der Waals surface area contributed by atoms with Crippen LogP contribution in [0.2, 0.25) is 0 Å². The minimum atomic E-state index is 0.284. The predicted molar refractivity (Wildman–Crippen MR) is 90.6 cm³/mol. The van der Waals surface area contributed by atoms with Gasteiger partial charge in [0.2, 0.25) is 0 Å². The quantitative estimate of drug-likeness (QED) is 0.672. The molecule has 0 bridgehead atoms. The van der Waals surface area contributed by atoms with Crippen LogP contribution in [0.4, 0.5) is 5.69 Å². The van der Waals surface area contributed by atoms with E-state index >= 15 is 0 Å². The largest absolute Gasteiger partial charge is 0.497 e. The van der Waals surface area contributed by atoms with Crippen molar-refractivity contribution in [2.24, 2.45) is 10.7 Å². The Balaban J connectivity index is 1.62. The molecule has 114 valence electrons. The van der Waals surface area contributed by atoms with Crippen molar-refractivity contribution in [2.75, 3.05) is 12.4 Å². The molecule has 2 aromatic rings. The van der Waals surface area contributed by atoms with Gasteiger partial charge in [-0.2, -0.15) is 0 Å². The maximum atomic E-state index is 6.00. The van der Waals surface area contributed by atoms with Gasteiger partial charge in [-0.05, 0) is 48.7 Å². The number of rotatable bonds is 4. The van der Waals surface area contributed by atoms with E-state index in [1.165, 1.54) is 11.1 Å². The van der Waals surface area contributed by atoms with E-state index in [4.69, 9.17) is 10.5 Å². The molecule has 2 atom stereocenters. The number of nitrogens with zero attached hydrogens (tertiary/aromatic N) is 1. The van der Waals surface area contributed by atoms with E-state index in [0.29, 0.717) is 11.9 Å². The number of ether oxygens (including phenoxy) is 1. The van der Waals surface area contributed by atoms with Crippen molar-refractivity contribution in [1.82, 2.24) is 0 Å². The maximum absolute atomic E-state index is 6.00. The highest BCUT2D eigenvalue weighted by molar-refractivity contribution is 5.92. The second kappa shape index (κ2) is 6.10. The smallest absolute Gasteiger partial charge is 0.193 e. The number of nitrogens with one attached hydrogen (secondary N) is 1. The lowest BCUT2D eigenvalue weighted by molar-refractivity contribution is 0.415. The number of benzene rings is 2. The third-order valence-corrected chi connectivity index (χ3v) is 4.01. The summed E-state index contributed by atoms with van der Waals surface area (Å²) >= 11 is 0. The standard InChI is InChI=1S/C18H21N3O/c1-12-5-3-4-6-15(12)16-11-17(16)21-18(19)20-13-7-9-14(22-2)10-8-13/h3-10,16-17H,11H2,1-2H3,(H3,19,20,21). The van der Waals surface area contributed by atoms with Gasteiger partial charge in [-0.1, -0.05) is 24.3 Å². The fourth-order valence-corrected chi connectivity index (χ4v) is 2.69. The fraction of sp³-hybridized carbons (Fsp3) is 0.278. The number of aliphatic imine (C=N–C) groups is 1. The van der Waals surface area contributed by atoms with Gasteiger partial charge in [0.05, 0.1) is 13.2 Å². The molecular weight excluding hydrogens is 274 g/mol. The summed E-state index contributed by atoms with van der Waals surface area (Å²) < 4.78 is 5.13. The number of methoxy groups -OCH3 is 1. The van der Waals surface area contributed by atoms with Crippen LogP contribution in [-0.2, 0) is 0 Å². The highest BCUT2D eigenvalue weighted by atomic mass is 16.5. The Kier molecular flexibility index (Phi) is 4.00. The first-order valence-electron chi connectivity index (χ1n) is 7.47. The summed E-state index contributed by atoms with van der Waals surface area (Å²) in [4.78, 5) is 4.58. The van der Waals surface area contributed by atoms with Gasteiger partial charge in [0.25, 0.3) is 0 Å². The summed E-state index contributed by atoms with van der Waals surface area (Å²) in [5, 5.41) is 3.12. The van der Waals surface area contributed by atoms with E-state index < -0.39 is 0 Å². The summed E-state index contributed by atoms with van der Waals surface area (Å²) in [6.45, 7) is 2.15. The van der Waals surface area contributed by atoms with E-state index in [-0.39, 0.29) is 6.04 Å². The Morgan fingerprint density at radius 2 is 1.91 bits per heavy atom. The molecule has 1 fully saturated rings. The highest BCUT2D eigenvalue weighted by Gasteiger charge is 2.39. The summed E-state index contributed by atoms with van der Waals surface area (Å²) in [5.41, 5.74) is 9.62. The van der Waals surface area contributed by atoms with Crippen molar-refractivity contribution in [3.05, 3.63) is 59.7 Å². The zero-order valence-corrected chi connectivity index (χ0v) is 12.9. The van der Waals surface area contributed by atoms with E-state index in [9.17, 15) is 0 Å². The molecule has 4 heteroatoms. The second-order valence-electron chi connectivity index (χ2n) is 5.63. The molecule has 0 amide bonds. The van der Waals surface area contributed by atoms with Gasteiger partial charge < -0.3 is 15.8 Å². The summed E-state index contributed by atoms with van der Waals surface area (Å²) in [7, 11) is 1.65. The average Bonchev–Trinajstić information content (AvgIpc) is 3.27. The van der Waals surface area contributed by atoms with Gasteiger partial charge in [0, 0.05) is 11.6 Å². The summed E-state index contributed by atoms with van der Waals surface area (Å²) in [6, 6.07) is 16.4. The molecule has 3 rings (SSSR count). The Hall–Kier alpha value is -2.49. The van der Waals surface area contributed by atoms with Crippen LogP contribution >= 0.6 is 0 Å². The molecule has 2 aromatic carbocycles. The molecule has 1 saturated carbocycles. The predicted octanol–water partition coefficient (Wildman–Crippen LogP) is 3.29. The first kappa shape index (κ1) is 14.4. The van der Waals surface area contributed by atoms with Gasteiger partial charge in [-0.3, -0.25) is 0 Å². The first-order chi connectivity index (χ1) is 10.7. The molecule has 0 radical (unpaired) electrons. The Labute approximate surface area is 131 Å². The zero-order chi connectivity index (χ0) is 15.5. The molecule has 0 saturated heterocycles. The van der Waals surface area contributed by atoms with Crippen molar-refractivity contribution >= 4 is 11.6 Å². The van der Waals surface area contributed by atoms with Crippen LogP contribution in [0, 0.1) is 6.92 Å². The molecule has 1 aliphatic rings. The Morgan fingerprint density at radius 3 is 2.59 bits per heavy atom. The van der Waals surface area contributed by atoms with Crippen molar-refractivity contribution in [1.29, 1.82) is 0 Å². The van der Waals surface area contributed by atoms with Gasteiger partial charge in [-0.25, -0.2) is 4.99 Å². The Morgan fingerprint density at radius 1 is 1.18 bits per heavy atom. The number of hydrogen-bond acceptors (Lipinski definition) is 2. The number of aryl methyl sites for hydroxylation is 1. The van der Waals surface area contributed by atoms with E-state index in [1.807, 2.05) is 24.3 Å². The van der Waals surface area contributed by atoms with Crippen molar-refractivity contribution in [2.45, 2.75) is 25.3 Å². The zero-order valence-electron chi connectivity index (χ0n) is 12.9. The first-order valence-corrected chi connectivity index (χ1v) is 7.47. The normalized spacial score (nSPS) is 20.5. The van der Waals surface area contributed by atoms with Crippen LogP contribution < -0.4 is 15.8 Å². The topological polar surface area (TPSA) is 59.6 Å². The molecule has 0 heterocycles. The average molecular weight is 295 g/mol. The van der Waals surface area contributed by atoms with Crippen LogP contribution in [-0.4, -0.2) is 19.1 Å². The van der Waals surface area contributed by atoms with Crippen molar-refractivity contribution in [3.8, 4) is 5.75 Å². The minimum absolute atomic E-state index is 0.284. The van der Waals surface area contributed by atoms with Gasteiger partial charge in [0.15, 0.2) is 5.96 Å². The lowest BCUT2D eigenvalue weighted by atomic mass is 10.0. The molecule has 2 unspecified atom stereocenters. The summed E-state index contributed by atoms with van der Waals surface area (Å²) in [6.07, 6.45) is 1.07. The van der Waals surface area contributed by atoms with Crippen LogP contribution in [0.5, 0.6) is 5.75 Å². The SMILES string of the molecule is COc1ccc(NC(N)=NC2CC2c2ccccc2C)cc1. The highest BCUT2D eigenvalue weighted by Crippen LogP contribution is 2.44. The molecule has 0 spiro atoms. The molecule has 0 aliphatic heterocycles. The molecule has 0 aromatic heterocycles. The third-order valence-electron chi connectivity index (χ3n) is 4.01. The van der Waals surface area contributed by atoms with E-state index in [2.05, 4.69) is 41.5 Å². The van der Waals surface area contributed by atoms with Crippen LogP contribution in [0.25, 0.3) is 0 Å². The molecule has 3 N–H and O–H groups in total. The van der Waals surface area contributed by atoms with Crippen LogP contribution in [0.1, 0.15) is 23.5 Å². The monoisotopic (exact) mass is 295 g/mol. The van der Waals surface area contributed by atoms with E-state index in [0.717, 1.165) is 17.9 Å². The molecule has 4 nitrogen and oxygen atoms in total. The number of anilines is 1. The van der Waals surface area contributed by atoms with Gasteiger partial charge in [0.1, 0.15) is 5.75 Å². The number of nitrogens with two attached hydrogens (primary N) is 1. The molecule has 1 aliphatic carbocycles. The van der Waals surface area contributed by atoms with Crippen molar-refractivity contribution in [3.63, 3.8) is 0 Å². The molecular formula is C18H21N3O. The van der Waals surface area contributed by atoms with E-state index in [1.54, 1.807) is 7.11 Å². The number of hydrogen-bond donors (Lipinski definition) is 2. The second-order valence-corrected chi connectivity index (χ2v) is 5.63. The fourth-order valence-electron chi connectivity index (χ4n) is 2.69. The van der Waals surface area contributed by atoms with Gasteiger partial charge in [-0.15, -0.1) is 0 Å². The summed E-state index contributed by atoms with van der Waals surface area (Å²) in [5.74, 6) is 1.78. The molecule has 22 heavy (non-hydrogen) atoms. The lowest BCUT2D eigenvalue weighted by Gasteiger charge is -2.07. The number of guanidine groups is 1. The van der Waals surface area contributed by atoms with Crippen LogP contribution in [0.3, 0.4) is 0 Å². The maximum Gasteiger partial charge on any atom is 0.193 e. The third kappa shape index (κ3) is 3.22. The Bertz CT molecular complexity index is 679.